The fourth-order valence-corrected chi connectivity index (χ4v) is 5.32. The summed E-state index contributed by atoms with van der Waals surface area (Å²) in [4.78, 5) is 15.2. The summed E-state index contributed by atoms with van der Waals surface area (Å²) < 4.78 is 40.5. The predicted octanol–water partition coefficient (Wildman–Crippen LogP) is 7.46. The van der Waals surface area contributed by atoms with Gasteiger partial charge in [0, 0.05) is 17.0 Å². The van der Waals surface area contributed by atoms with Crippen molar-refractivity contribution in [2.45, 2.75) is 37.8 Å². The number of rotatable bonds is 7. The molecule has 4 rings (SSSR count). The molecule has 204 valence electrons. The second-order valence-electron chi connectivity index (χ2n) is 9.89. The van der Waals surface area contributed by atoms with Gasteiger partial charge in [-0.15, -0.1) is 0 Å². The fourth-order valence-electron chi connectivity index (χ4n) is 5.15. The van der Waals surface area contributed by atoms with Gasteiger partial charge < -0.3 is 15.5 Å². The van der Waals surface area contributed by atoms with Crippen LogP contribution >= 0.6 is 11.6 Å². The molecule has 9 heteroatoms. The van der Waals surface area contributed by atoms with E-state index in [9.17, 15) is 23.2 Å². The smallest absolute Gasteiger partial charge is 0.337 e. The molecule has 0 aromatic heterocycles. The van der Waals surface area contributed by atoms with Gasteiger partial charge in [0.15, 0.2) is 0 Å². The molecule has 1 aliphatic heterocycles. The van der Waals surface area contributed by atoms with Crippen molar-refractivity contribution in [2.24, 2.45) is 0 Å². The van der Waals surface area contributed by atoms with Crippen LogP contribution < -0.4 is 10.6 Å². The van der Waals surface area contributed by atoms with Crippen LogP contribution in [0.25, 0.3) is 11.1 Å². The second-order valence-corrected chi connectivity index (χ2v) is 10.3. The Hall–Kier alpha value is -3.54. The first-order valence-electron chi connectivity index (χ1n) is 12.9. The average molecular weight is 555 g/mol. The number of hydrogen-bond acceptors (Lipinski definition) is 3. The Labute approximate surface area is 231 Å². The monoisotopic (exact) mass is 554 g/mol. The summed E-state index contributed by atoms with van der Waals surface area (Å²) in [6, 6.07) is 20.2. The summed E-state index contributed by atoms with van der Waals surface area (Å²) in [6.07, 6.45) is -2.02. The Morgan fingerprint density at radius 3 is 2.41 bits per heavy atom. The lowest BCUT2D eigenvalue weighted by atomic mass is 9.72. The molecule has 1 saturated heterocycles. The third kappa shape index (κ3) is 6.92. The molecule has 2 amide bonds. The number of urea groups is 1. The van der Waals surface area contributed by atoms with Gasteiger partial charge in [0.2, 0.25) is 0 Å². The molecule has 3 aromatic rings. The number of nitrogens with one attached hydrogen (secondary N) is 2. The van der Waals surface area contributed by atoms with Gasteiger partial charge >= 0.3 is 12.2 Å². The number of piperidine rings is 1. The fraction of sp³-hybridized carbons (Fsp3) is 0.333. The summed E-state index contributed by atoms with van der Waals surface area (Å²) in [5, 5.41) is 14.4. The number of anilines is 1. The molecule has 0 radical (unpaired) electrons. The average Bonchev–Trinajstić information content (AvgIpc) is 2.93. The van der Waals surface area contributed by atoms with Gasteiger partial charge in [0.05, 0.1) is 22.9 Å². The van der Waals surface area contributed by atoms with E-state index in [0.29, 0.717) is 5.56 Å². The van der Waals surface area contributed by atoms with Crippen LogP contribution in [0, 0.1) is 11.3 Å². The molecule has 39 heavy (non-hydrogen) atoms. The van der Waals surface area contributed by atoms with E-state index in [4.69, 9.17) is 11.6 Å². The second kappa shape index (κ2) is 12.1. The van der Waals surface area contributed by atoms with Crippen LogP contribution in [0.3, 0.4) is 0 Å². The summed E-state index contributed by atoms with van der Waals surface area (Å²) in [7, 11) is 0. The Morgan fingerprint density at radius 2 is 1.77 bits per heavy atom. The molecule has 0 unspecified atom stereocenters. The zero-order valence-corrected chi connectivity index (χ0v) is 22.4. The molecule has 2 N–H and O–H groups in total. The first kappa shape index (κ1) is 28.5. The maximum Gasteiger partial charge on any atom is 0.418 e. The summed E-state index contributed by atoms with van der Waals surface area (Å²) in [6.45, 7) is 5.13. The van der Waals surface area contributed by atoms with Gasteiger partial charge in [-0.2, -0.15) is 18.4 Å². The number of halogens is 4. The molecule has 0 saturated carbocycles. The molecule has 1 fully saturated rings. The molecule has 5 nitrogen and oxygen atoms in total. The van der Waals surface area contributed by atoms with Crippen molar-refractivity contribution in [3.63, 3.8) is 0 Å². The quantitative estimate of drug-likeness (QED) is 0.318. The van der Waals surface area contributed by atoms with Crippen molar-refractivity contribution >= 4 is 23.3 Å². The first-order chi connectivity index (χ1) is 18.6. The maximum absolute atomic E-state index is 13.5. The van der Waals surface area contributed by atoms with Crippen LogP contribution in [0.15, 0.2) is 66.7 Å². The van der Waals surface area contributed by atoms with E-state index in [2.05, 4.69) is 28.5 Å². The molecular weight excluding hydrogens is 525 g/mol. The zero-order valence-electron chi connectivity index (χ0n) is 21.6. The number of amides is 2. The lowest BCUT2D eigenvalue weighted by molar-refractivity contribution is -0.136. The van der Waals surface area contributed by atoms with E-state index >= 15 is 0 Å². The van der Waals surface area contributed by atoms with Gasteiger partial charge in [-0.3, -0.25) is 0 Å². The highest BCUT2D eigenvalue weighted by atomic mass is 35.5. The minimum absolute atomic E-state index is 0.0612. The number of likely N-dealkylation sites (tertiary alicyclic amines) is 1. The van der Waals surface area contributed by atoms with Gasteiger partial charge in [-0.1, -0.05) is 54.9 Å². The molecule has 1 aliphatic rings. The highest BCUT2D eigenvalue weighted by molar-refractivity contribution is 6.30. The minimum Gasteiger partial charge on any atom is -0.337 e. The minimum atomic E-state index is -4.66. The zero-order chi connectivity index (χ0) is 28.0. The number of carbonyl (C=O) groups is 1. The molecule has 0 spiro atoms. The summed E-state index contributed by atoms with van der Waals surface area (Å²) in [5.74, 6) is 0. The Kier molecular flexibility index (Phi) is 8.83. The third-order valence-electron chi connectivity index (χ3n) is 7.30. The standard InChI is InChI=1S/C30H30ClF3N4O/c1-2-14-38-15-12-29(13-16-38,24-8-6-22(7-9-24)23-5-3-4-21(17-23)19-35)20-36-28(39)37-27-11-10-25(31)18-26(27)30(32,33)34/h3-11,17-18H,2,12-16,20H2,1H3,(H2,36,37,39). The summed E-state index contributed by atoms with van der Waals surface area (Å²) >= 11 is 5.76. The van der Waals surface area contributed by atoms with Crippen LogP contribution in [-0.4, -0.2) is 37.1 Å². The van der Waals surface area contributed by atoms with E-state index in [0.717, 1.165) is 67.7 Å². The number of benzene rings is 3. The van der Waals surface area contributed by atoms with E-state index in [1.807, 2.05) is 42.5 Å². The Morgan fingerprint density at radius 1 is 1.05 bits per heavy atom. The van der Waals surface area contributed by atoms with Crippen molar-refractivity contribution in [1.29, 1.82) is 5.26 Å². The molecule has 1 heterocycles. The van der Waals surface area contributed by atoms with E-state index in [1.54, 1.807) is 6.07 Å². The van der Waals surface area contributed by atoms with Crippen molar-refractivity contribution in [3.05, 3.63) is 88.4 Å². The van der Waals surface area contributed by atoms with Gasteiger partial charge in [0.1, 0.15) is 0 Å². The third-order valence-corrected chi connectivity index (χ3v) is 7.53. The van der Waals surface area contributed by atoms with Crippen LogP contribution in [0.2, 0.25) is 5.02 Å². The van der Waals surface area contributed by atoms with Gasteiger partial charge in [-0.05, 0) is 85.9 Å². The largest absolute Gasteiger partial charge is 0.418 e. The van der Waals surface area contributed by atoms with Crippen LogP contribution in [0.1, 0.15) is 42.9 Å². The number of nitrogens with zero attached hydrogens (tertiary/aromatic N) is 2. The molecule has 0 atom stereocenters. The van der Waals surface area contributed by atoms with Crippen LogP contribution in [-0.2, 0) is 11.6 Å². The van der Waals surface area contributed by atoms with Crippen molar-refractivity contribution in [1.82, 2.24) is 10.2 Å². The Balaban J connectivity index is 1.54. The number of alkyl halides is 3. The number of carbonyl (C=O) groups excluding carboxylic acids is 1. The van der Waals surface area contributed by atoms with Gasteiger partial charge in [-0.25, -0.2) is 4.79 Å². The molecule has 0 bridgehead atoms. The lowest BCUT2D eigenvalue weighted by Crippen LogP contribution is -2.49. The molecular formula is C30H30ClF3N4O. The van der Waals surface area contributed by atoms with Crippen molar-refractivity contribution in [3.8, 4) is 17.2 Å². The van der Waals surface area contributed by atoms with E-state index < -0.39 is 17.8 Å². The highest BCUT2D eigenvalue weighted by Crippen LogP contribution is 2.38. The Bertz CT molecular complexity index is 1340. The van der Waals surface area contributed by atoms with E-state index in [1.165, 1.54) is 6.07 Å². The molecule has 3 aromatic carbocycles. The topological polar surface area (TPSA) is 68.2 Å². The highest BCUT2D eigenvalue weighted by Gasteiger charge is 2.37. The summed E-state index contributed by atoms with van der Waals surface area (Å²) in [5.41, 5.74) is 1.84. The van der Waals surface area contributed by atoms with E-state index in [-0.39, 0.29) is 22.7 Å². The van der Waals surface area contributed by atoms with Crippen LogP contribution in [0.4, 0.5) is 23.7 Å². The SMILES string of the molecule is CCCN1CCC(CNC(=O)Nc2ccc(Cl)cc2C(F)(F)F)(c2ccc(-c3cccc(C#N)c3)cc2)CC1. The normalized spacial score (nSPS) is 15.4. The lowest BCUT2D eigenvalue weighted by Gasteiger charge is -2.42. The first-order valence-corrected chi connectivity index (χ1v) is 13.3. The number of nitriles is 1. The maximum atomic E-state index is 13.5. The van der Waals surface area contributed by atoms with Crippen molar-refractivity contribution < 1.29 is 18.0 Å². The number of hydrogen-bond donors (Lipinski definition) is 2. The predicted molar refractivity (Wildman–Crippen MR) is 148 cm³/mol. The van der Waals surface area contributed by atoms with Crippen molar-refractivity contribution in [2.75, 3.05) is 31.5 Å². The van der Waals surface area contributed by atoms with Gasteiger partial charge in [0.25, 0.3) is 0 Å². The molecule has 0 aliphatic carbocycles. The van der Waals surface area contributed by atoms with Crippen LogP contribution in [0.5, 0.6) is 0 Å².